The Bertz CT molecular complexity index is 1150. The Hall–Kier alpha value is -3.40. The molecule has 2 atom stereocenters. The number of carbonyl (C=O) groups excluding carboxylic acids is 1. The molecule has 0 saturated heterocycles. The Labute approximate surface area is 179 Å². The minimum Gasteiger partial charge on any atom is -0.381 e. The van der Waals surface area contributed by atoms with E-state index in [2.05, 4.69) is 26.0 Å². The summed E-state index contributed by atoms with van der Waals surface area (Å²) in [4.78, 5) is 29.9. The van der Waals surface area contributed by atoms with Crippen molar-refractivity contribution in [2.75, 3.05) is 24.8 Å². The van der Waals surface area contributed by atoms with Crippen molar-refractivity contribution >= 4 is 28.9 Å². The Morgan fingerprint density at radius 2 is 2.16 bits per heavy atom. The van der Waals surface area contributed by atoms with Crippen LogP contribution in [0, 0.1) is 0 Å². The predicted octanol–water partition coefficient (Wildman–Crippen LogP) is 1.90. The van der Waals surface area contributed by atoms with Crippen LogP contribution < -0.4 is 21.5 Å². The predicted molar refractivity (Wildman–Crippen MR) is 118 cm³/mol. The summed E-state index contributed by atoms with van der Waals surface area (Å²) < 4.78 is 8.51. The first kappa shape index (κ1) is 20.9. The summed E-state index contributed by atoms with van der Waals surface area (Å²) in [6.07, 6.45) is 7.11. The molecular weight excluding hydrogens is 398 g/mol. The Morgan fingerprint density at radius 1 is 1.32 bits per heavy atom. The molecule has 3 heterocycles. The van der Waals surface area contributed by atoms with Crippen molar-refractivity contribution in [1.29, 1.82) is 0 Å². The van der Waals surface area contributed by atoms with Gasteiger partial charge in [-0.2, -0.15) is 9.61 Å². The number of pyridine rings is 1. The summed E-state index contributed by atoms with van der Waals surface area (Å²) >= 11 is 0. The SMILES string of the molecule is CNc1cc(Nc2cccn(C)c2=O)nc2c(C(=O)NC3CCC[C@H](OC)C3)cnn12. The smallest absolute Gasteiger partial charge is 0.274 e. The van der Waals surface area contributed by atoms with Gasteiger partial charge < -0.3 is 25.3 Å². The minimum atomic E-state index is -0.223. The lowest BCUT2D eigenvalue weighted by atomic mass is 9.92. The molecule has 3 aromatic heterocycles. The first-order chi connectivity index (χ1) is 15.0. The van der Waals surface area contributed by atoms with Crippen LogP contribution in [0.5, 0.6) is 0 Å². The molecule has 10 heteroatoms. The summed E-state index contributed by atoms with van der Waals surface area (Å²) in [5, 5.41) is 13.5. The molecule has 0 radical (unpaired) electrons. The van der Waals surface area contributed by atoms with Crippen LogP contribution in [0.4, 0.5) is 17.3 Å². The molecule has 1 amide bonds. The number of hydrogen-bond donors (Lipinski definition) is 3. The minimum absolute atomic E-state index is 0.0542. The fraction of sp³-hybridized carbons (Fsp3) is 0.429. The molecule has 0 bridgehead atoms. The van der Waals surface area contributed by atoms with Gasteiger partial charge in [0.05, 0.1) is 12.3 Å². The fourth-order valence-corrected chi connectivity index (χ4v) is 3.95. The van der Waals surface area contributed by atoms with E-state index in [1.54, 1.807) is 50.1 Å². The van der Waals surface area contributed by atoms with E-state index in [0.717, 1.165) is 25.7 Å². The summed E-state index contributed by atoms with van der Waals surface area (Å²) in [6.45, 7) is 0. The summed E-state index contributed by atoms with van der Waals surface area (Å²) in [7, 11) is 5.15. The number of fused-ring (bicyclic) bond motifs is 1. The van der Waals surface area contributed by atoms with E-state index in [9.17, 15) is 9.59 Å². The highest BCUT2D eigenvalue weighted by atomic mass is 16.5. The fourth-order valence-electron chi connectivity index (χ4n) is 3.95. The van der Waals surface area contributed by atoms with Crippen molar-refractivity contribution < 1.29 is 9.53 Å². The first-order valence-electron chi connectivity index (χ1n) is 10.3. The standard InChI is InChI=1S/C21H27N7O3/c1-22-18-11-17(25-16-8-5-9-27(2)21(16)30)26-19-15(12-23-28(18)19)20(29)24-13-6-4-7-14(10-13)31-3/h5,8-9,11-14,22H,4,6-7,10H2,1-3H3,(H,24,29)(H,25,26)/t13?,14-/m0/s1. The van der Waals surface area contributed by atoms with Crippen molar-refractivity contribution in [2.24, 2.45) is 7.05 Å². The molecule has 0 aromatic carbocycles. The molecule has 164 valence electrons. The van der Waals surface area contributed by atoms with E-state index in [-0.39, 0.29) is 23.6 Å². The highest BCUT2D eigenvalue weighted by Crippen LogP contribution is 2.23. The van der Waals surface area contributed by atoms with Crippen LogP contribution in [0.15, 0.2) is 35.4 Å². The number of nitrogens with zero attached hydrogens (tertiary/aromatic N) is 4. The summed E-state index contributed by atoms with van der Waals surface area (Å²) in [6, 6.07) is 5.25. The molecule has 1 fully saturated rings. The number of nitrogens with one attached hydrogen (secondary N) is 3. The van der Waals surface area contributed by atoms with Gasteiger partial charge in [-0.3, -0.25) is 9.59 Å². The van der Waals surface area contributed by atoms with Gasteiger partial charge in [-0.25, -0.2) is 4.98 Å². The van der Waals surface area contributed by atoms with E-state index in [0.29, 0.717) is 28.5 Å². The van der Waals surface area contributed by atoms with Crippen LogP contribution in [-0.2, 0) is 11.8 Å². The van der Waals surface area contributed by atoms with E-state index in [1.807, 2.05) is 0 Å². The lowest BCUT2D eigenvalue weighted by Gasteiger charge is -2.28. The van der Waals surface area contributed by atoms with Gasteiger partial charge in [0.25, 0.3) is 11.5 Å². The zero-order valence-corrected chi connectivity index (χ0v) is 17.9. The molecule has 0 spiro atoms. The number of ether oxygens (including phenoxy) is 1. The number of aromatic nitrogens is 4. The topological polar surface area (TPSA) is 115 Å². The van der Waals surface area contributed by atoms with Gasteiger partial charge >= 0.3 is 0 Å². The summed E-state index contributed by atoms with van der Waals surface area (Å²) in [5.74, 6) is 0.849. The highest BCUT2D eigenvalue weighted by molar-refractivity contribution is 6.00. The molecule has 0 aliphatic heterocycles. The maximum absolute atomic E-state index is 13.0. The lowest BCUT2D eigenvalue weighted by molar-refractivity contribution is 0.0563. The largest absolute Gasteiger partial charge is 0.381 e. The van der Waals surface area contributed by atoms with Crippen molar-refractivity contribution in [1.82, 2.24) is 24.5 Å². The normalized spacial score (nSPS) is 18.7. The third-order valence-electron chi connectivity index (χ3n) is 5.65. The second kappa shape index (κ2) is 8.76. The summed E-state index contributed by atoms with van der Waals surface area (Å²) in [5.41, 5.74) is 0.994. The van der Waals surface area contributed by atoms with Crippen LogP contribution >= 0.6 is 0 Å². The van der Waals surface area contributed by atoms with Gasteiger partial charge in [-0.05, 0) is 37.8 Å². The third-order valence-corrected chi connectivity index (χ3v) is 5.65. The lowest BCUT2D eigenvalue weighted by Crippen LogP contribution is -2.40. The number of amides is 1. The second-order valence-corrected chi connectivity index (χ2v) is 7.73. The molecule has 1 aliphatic carbocycles. The van der Waals surface area contributed by atoms with E-state index >= 15 is 0 Å². The van der Waals surface area contributed by atoms with E-state index in [4.69, 9.17) is 4.74 Å². The van der Waals surface area contributed by atoms with E-state index in [1.165, 1.54) is 10.8 Å². The van der Waals surface area contributed by atoms with Crippen LogP contribution in [0.2, 0.25) is 0 Å². The Kier molecular flexibility index (Phi) is 5.90. The average molecular weight is 425 g/mol. The third kappa shape index (κ3) is 4.24. The molecule has 10 nitrogen and oxygen atoms in total. The number of aryl methyl sites for hydroxylation is 1. The monoisotopic (exact) mass is 425 g/mol. The molecule has 4 rings (SSSR count). The van der Waals surface area contributed by atoms with Gasteiger partial charge in [0.1, 0.15) is 22.9 Å². The van der Waals surface area contributed by atoms with Crippen LogP contribution in [-0.4, -0.2) is 51.4 Å². The van der Waals surface area contributed by atoms with Crippen LogP contribution in [0.1, 0.15) is 36.0 Å². The number of rotatable bonds is 6. The number of carbonyl (C=O) groups is 1. The van der Waals surface area contributed by atoms with Gasteiger partial charge in [0.2, 0.25) is 0 Å². The number of methoxy groups -OCH3 is 1. The maximum atomic E-state index is 13.0. The average Bonchev–Trinajstić information content (AvgIpc) is 3.20. The van der Waals surface area contributed by atoms with Crippen LogP contribution in [0.3, 0.4) is 0 Å². The van der Waals surface area contributed by atoms with E-state index < -0.39 is 0 Å². The first-order valence-corrected chi connectivity index (χ1v) is 10.3. The second-order valence-electron chi connectivity index (χ2n) is 7.73. The maximum Gasteiger partial charge on any atom is 0.274 e. The van der Waals surface area contributed by atoms with Gasteiger partial charge in [-0.15, -0.1) is 0 Å². The Balaban J connectivity index is 1.64. The molecule has 31 heavy (non-hydrogen) atoms. The van der Waals surface area contributed by atoms with Crippen LogP contribution in [0.25, 0.3) is 5.65 Å². The van der Waals surface area contributed by atoms with Crippen molar-refractivity contribution in [2.45, 2.75) is 37.8 Å². The zero-order chi connectivity index (χ0) is 22.0. The molecule has 1 aliphatic rings. The molecule has 1 saturated carbocycles. The molecule has 1 unspecified atom stereocenters. The van der Waals surface area contributed by atoms with Crippen molar-refractivity contribution in [3.63, 3.8) is 0 Å². The van der Waals surface area contributed by atoms with Gasteiger partial charge in [0, 0.05) is 39.5 Å². The molecular formula is C21H27N7O3. The quantitative estimate of drug-likeness (QED) is 0.553. The van der Waals surface area contributed by atoms with Gasteiger partial charge in [0.15, 0.2) is 5.65 Å². The number of hydrogen-bond acceptors (Lipinski definition) is 7. The number of anilines is 3. The Morgan fingerprint density at radius 3 is 2.94 bits per heavy atom. The van der Waals surface area contributed by atoms with Gasteiger partial charge in [-0.1, -0.05) is 0 Å². The molecule has 3 N–H and O–H groups in total. The molecule has 3 aromatic rings. The highest BCUT2D eigenvalue weighted by Gasteiger charge is 2.25. The van der Waals surface area contributed by atoms with Crippen molar-refractivity contribution in [3.8, 4) is 0 Å². The zero-order valence-electron chi connectivity index (χ0n) is 17.9. The van der Waals surface area contributed by atoms with Crippen molar-refractivity contribution in [3.05, 3.63) is 46.5 Å².